The molecule has 2 N–H and O–H groups in total. The van der Waals surface area contributed by atoms with Gasteiger partial charge in [0, 0.05) is 33.0 Å². The fourth-order valence-corrected chi connectivity index (χ4v) is 1.59. The van der Waals surface area contributed by atoms with Crippen molar-refractivity contribution in [2.75, 3.05) is 13.6 Å². The average Bonchev–Trinajstić information content (AvgIpc) is 2.66. The number of nitrogens with zero attached hydrogens (tertiary/aromatic N) is 3. The molecule has 1 unspecified atom stereocenters. The minimum atomic E-state index is -0.0785. The normalized spacial score (nSPS) is 12.5. The molecular formula is C11H20N4O. The minimum Gasteiger partial charge on any atom is -0.338 e. The van der Waals surface area contributed by atoms with Crippen LogP contribution in [0.4, 0.5) is 0 Å². The predicted octanol–water partition coefficient (Wildman–Crippen LogP) is 0.363. The van der Waals surface area contributed by atoms with Crippen LogP contribution in [-0.4, -0.2) is 34.0 Å². The molecule has 1 atom stereocenters. The second kappa shape index (κ2) is 5.65. The molecule has 0 aliphatic carbocycles. The van der Waals surface area contributed by atoms with Crippen LogP contribution in [0.1, 0.15) is 19.2 Å². The first-order chi connectivity index (χ1) is 7.60. The van der Waals surface area contributed by atoms with Gasteiger partial charge in [-0.2, -0.15) is 0 Å². The Morgan fingerprint density at radius 1 is 1.69 bits per heavy atom. The molecule has 16 heavy (non-hydrogen) atoms. The number of hydrogen-bond donors (Lipinski definition) is 1. The van der Waals surface area contributed by atoms with Crippen LogP contribution in [0.2, 0.25) is 0 Å². The summed E-state index contributed by atoms with van der Waals surface area (Å²) in [7, 11) is 3.70. The van der Waals surface area contributed by atoms with E-state index in [4.69, 9.17) is 5.73 Å². The largest absolute Gasteiger partial charge is 0.338 e. The van der Waals surface area contributed by atoms with Gasteiger partial charge in [0.1, 0.15) is 5.82 Å². The third-order valence-electron chi connectivity index (χ3n) is 2.80. The molecule has 0 saturated carbocycles. The number of nitrogens with two attached hydrogens (primary N) is 1. The Morgan fingerprint density at radius 2 is 2.38 bits per heavy atom. The van der Waals surface area contributed by atoms with E-state index in [1.807, 2.05) is 24.7 Å². The summed E-state index contributed by atoms with van der Waals surface area (Å²) in [6, 6.07) is 0. The molecule has 5 heteroatoms. The maximum Gasteiger partial charge on any atom is 0.227 e. The SMILES string of the molecule is CCC(CN)C(=O)N(C)Cc1nccn1C. The Labute approximate surface area is 96.3 Å². The van der Waals surface area contributed by atoms with E-state index in [0.717, 1.165) is 12.2 Å². The molecule has 90 valence electrons. The number of rotatable bonds is 5. The molecule has 0 spiro atoms. The summed E-state index contributed by atoms with van der Waals surface area (Å²) >= 11 is 0. The van der Waals surface area contributed by atoms with E-state index in [1.165, 1.54) is 0 Å². The van der Waals surface area contributed by atoms with E-state index in [9.17, 15) is 4.79 Å². The fraction of sp³-hybridized carbons (Fsp3) is 0.636. The zero-order valence-corrected chi connectivity index (χ0v) is 10.2. The quantitative estimate of drug-likeness (QED) is 0.785. The maximum atomic E-state index is 12.0. The van der Waals surface area contributed by atoms with Crippen molar-refractivity contribution in [3.63, 3.8) is 0 Å². The molecule has 1 aromatic rings. The molecule has 0 radical (unpaired) electrons. The van der Waals surface area contributed by atoms with Gasteiger partial charge < -0.3 is 15.2 Å². The van der Waals surface area contributed by atoms with Gasteiger partial charge >= 0.3 is 0 Å². The van der Waals surface area contributed by atoms with Crippen molar-refractivity contribution in [1.29, 1.82) is 0 Å². The zero-order valence-electron chi connectivity index (χ0n) is 10.2. The van der Waals surface area contributed by atoms with E-state index >= 15 is 0 Å². The Morgan fingerprint density at radius 3 is 2.81 bits per heavy atom. The van der Waals surface area contributed by atoms with Crippen molar-refractivity contribution in [2.24, 2.45) is 18.7 Å². The van der Waals surface area contributed by atoms with Gasteiger partial charge in [-0.15, -0.1) is 0 Å². The topological polar surface area (TPSA) is 64.2 Å². The van der Waals surface area contributed by atoms with Gasteiger partial charge in [-0.1, -0.05) is 6.92 Å². The van der Waals surface area contributed by atoms with Crippen LogP contribution in [0.15, 0.2) is 12.4 Å². The lowest BCUT2D eigenvalue weighted by Gasteiger charge is -2.21. The van der Waals surface area contributed by atoms with Gasteiger partial charge in [-0.3, -0.25) is 4.79 Å². The van der Waals surface area contributed by atoms with E-state index in [2.05, 4.69) is 4.98 Å². The van der Waals surface area contributed by atoms with Gasteiger partial charge in [0.25, 0.3) is 0 Å². The Kier molecular flexibility index (Phi) is 4.49. The molecule has 0 aliphatic rings. The number of carbonyl (C=O) groups excluding carboxylic acids is 1. The van der Waals surface area contributed by atoms with Gasteiger partial charge in [-0.25, -0.2) is 4.98 Å². The maximum absolute atomic E-state index is 12.0. The van der Waals surface area contributed by atoms with Crippen LogP contribution < -0.4 is 5.73 Å². The summed E-state index contributed by atoms with van der Waals surface area (Å²) in [4.78, 5) is 17.8. The summed E-state index contributed by atoms with van der Waals surface area (Å²) in [5.74, 6) is 0.890. The molecule has 0 fully saturated rings. The highest BCUT2D eigenvalue weighted by molar-refractivity contribution is 5.78. The fourth-order valence-electron chi connectivity index (χ4n) is 1.59. The van der Waals surface area contributed by atoms with Crippen LogP contribution >= 0.6 is 0 Å². The second-order valence-corrected chi connectivity index (χ2v) is 3.99. The minimum absolute atomic E-state index is 0.0785. The van der Waals surface area contributed by atoms with Crippen molar-refractivity contribution in [1.82, 2.24) is 14.5 Å². The summed E-state index contributed by atoms with van der Waals surface area (Å²) in [6.45, 7) is 2.91. The van der Waals surface area contributed by atoms with Crippen molar-refractivity contribution >= 4 is 5.91 Å². The summed E-state index contributed by atoms with van der Waals surface area (Å²) in [6.07, 6.45) is 4.38. The number of carbonyl (C=O) groups is 1. The Bertz CT molecular complexity index is 344. The molecule has 1 aromatic heterocycles. The number of aryl methyl sites for hydroxylation is 1. The molecule has 0 aliphatic heterocycles. The number of aromatic nitrogens is 2. The van der Waals surface area contributed by atoms with Gasteiger partial charge in [-0.05, 0) is 6.42 Å². The smallest absolute Gasteiger partial charge is 0.227 e. The average molecular weight is 224 g/mol. The van der Waals surface area contributed by atoms with Crippen molar-refractivity contribution in [3.8, 4) is 0 Å². The zero-order chi connectivity index (χ0) is 12.1. The van der Waals surface area contributed by atoms with E-state index < -0.39 is 0 Å². The molecule has 0 aromatic carbocycles. The first-order valence-electron chi connectivity index (χ1n) is 5.51. The highest BCUT2D eigenvalue weighted by Gasteiger charge is 2.19. The highest BCUT2D eigenvalue weighted by Crippen LogP contribution is 2.07. The number of hydrogen-bond acceptors (Lipinski definition) is 3. The van der Waals surface area contributed by atoms with Gasteiger partial charge in [0.15, 0.2) is 0 Å². The molecule has 1 rings (SSSR count). The van der Waals surface area contributed by atoms with Gasteiger partial charge in [0.05, 0.1) is 12.5 Å². The number of imidazole rings is 1. The lowest BCUT2D eigenvalue weighted by molar-refractivity contribution is -0.134. The molecule has 1 amide bonds. The monoisotopic (exact) mass is 224 g/mol. The molecule has 0 bridgehead atoms. The summed E-state index contributed by atoms with van der Waals surface area (Å²) < 4.78 is 1.91. The third-order valence-corrected chi connectivity index (χ3v) is 2.80. The van der Waals surface area contributed by atoms with Crippen LogP contribution in [0.3, 0.4) is 0 Å². The van der Waals surface area contributed by atoms with Crippen LogP contribution in [0.25, 0.3) is 0 Å². The van der Waals surface area contributed by atoms with E-state index in [-0.39, 0.29) is 11.8 Å². The highest BCUT2D eigenvalue weighted by atomic mass is 16.2. The third kappa shape index (κ3) is 2.82. The first-order valence-corrected chi connectivity index (χ1v) is 5.51. The van der Waals surface area contributed by atoms with Crippen molar-refractivity contribution < 1.29 is 4.79 Å². The summed E-state index contributed by atoms with van der Waals surface area (Å²) in [5, 5.41) is 0. The molecule has 0 saturated heterocycles. The molecular weight excluding hydrogens is 204 g/mol. The lowest BCUT2D eigenvalue weighted by atomic mass is 10.1. The Hall–Kier alpha value is -1.36. The van der Waals surface area contributed by atoms with Crippen LogP contribution in [-0.2, 0) is 18.4 Å². The van der Waals surface area contributed by atoms with Crippen molar-refractivity contribution in [3.05, 3.63) is 18.2 Å². The number of amides is 1. The van der Waals surface area contributed by atoms with Crippen LogP contribution in [0, 0.1) is 5.92 Å². The standard InChI is InChI=1S/C11H20N4O/c1-4-9(7-12)11(16)15(3)8-10-13-5-6-14(10)2/h5-6,9H,4,7-8,12H2,1-3H3. The Balaban J connectivity index is 2.62. The van der Waals surface area contributed by atoms with E-state index in [0.29, 0.717) is 13.1 Å². The lowest BCUT2D eigenvalue weighted by Crippen LogP contribution is -2.36. The van der Waals surface area contributed by atoms with Gasteiger partial charge in [0.2, 0.25) is 5.91 Å². The summed E-state index contributed by atoms with van der Waals surface area (Å²) in [5.41, 5.74) is 5.56. The molecule has 1 heterocycles. The van der Waals surface area contributed by atoms with E-state index in [1.54, 1.807) is 18.1 Å². The van der Waals surface area contributed by atoms with Crippen LogP contribution in [0.5, 0.6) is 0 Å². The van der Waals surface area contributed by atoms with Crippen molar-refractivity contribution in [2.45, 2.75) is 19.9 Å². The molecule has 5 nitrogen and oxygen atoms in total. The first kappa shape index (κ1) is 12.7. The predicted molar refractivity (Wildman–Crippen MR) is 62.5 cm³/mol. The second-order valence-electron chi connectivity index (χ2n) is 3.99.